The molecule has 0 aromatic rings. The molecule has 0 saturated carbocycles. The van der Waals surface area contributed by atoms with Crippen LogP contribution in [0.25, 0.3) is 0 Å². The molecule has 9 heteroatoms. The lowest BCUT2D eigenvalue weighted by Crippen LogP contribution is -2.37. The highest BCUT2D eigenvalue weighted by atomic mass is 31.2. The molecule has 0 aliphatic heterocycles. The van der Waals surface area contributed by atoms with Crippen molar-refractivity contribution in [2.75, 3.05) is 54.1 Å². The van der Waals surface area contributed by atoms with Gasteiger partial charge in [-0.25, -0.2) is 4.57 Å². The number of likely N-dealkylation sites (N-methyl/N-ethyl adjacent to an activating group) is 1. The summed E-state index contributed by atoms with van der Waals surface area (Å²) in [5, 5.41) is 0. The normalized spacial score (nSPS) is 14.3. The summed E-state index contributed by atoms with van der Waals surface area (Å²) in [6.07, 6.45) is 25.2. The van der Waals surface area contributed by atoms with E-state index in [0.29, 0.717) is 24.1 Å². The van der Waals surface area contributed by atoms with Gasteiger partial charge < -0.3 is 18.9 Å². The lowest BCUT2D eigenvalue weighted by molar-refractivity contribution is -0.870. The first-order valence-electron chi connectivity index (χ1n) is 16.9. The third-order valence-corrected chi connectivity index (χ3v) is 8.06. The second-order valence-electron chi connectivity index (χ2n) is 12.5. The van der Waals surface area contributed by atoms with Gasteiger partial charge in [0, 0.05) is 13.0 Å². The topological polar surface area (TPSA) is 91.3 Å². The second kappa shape index (κ2) is 27.8. The summed E-state index contributed by atoms with van der Waals surface area (Å²) in [5.41, 5.74) is 0. The van der Waals surface area contributed by atoms with Crippen molar-refractivity contribution in [3.8, 4) is 0 Å². The Labute approximate surface area is 259 Å². The first-order valence-corrected chi connectivity index (χ1v) is 18.4. The van der Waals surface area contributed by atoms with Crippen LogP contribution in [0.15, 0.2) is 12.2 Å². The zero-order valence-electron chi connectivity index (χ0n) is 28.0. The molecular weight excluding hydrogens is 553 g/mol. The standard InChI is InChI=1S/C33H66NO7P/c1-6-8-10-12-14-16-17-18-19-20-22-24-26-33(35)41-32(30-38-28-25-23-21-15-13-11-9-7-2)31-40-42(36,37)39-29-27-34(3,4)5/h14,16,32H,6-13,15,17-31H2,1-5H3/p+1/b16-14-. The molecule has 0 aromatic heterocycles. The number of phosphoric acid groups is 1. The monoisotopic (exact) mass is 620 g/mol. The van der Waals surface area contributed by atoms with Crippen molar-refractivity contribution in [3.63, 3.8) is 0 Å². The molecule has 0 amide bonds. The minimum atomic E-state index is -4.25. The molecule has 0 aromatic carbocycles. The lowest BCUT2D eigenvalue weighted by atomic mass is 10.1. The number of hydrogen-bond donors (Lipinski definition) is 1. The molecule has 2 atom stereocenters. The molecule has 0 fully saturated rings. The summed E-state index contributed by atoms with van der Waals surface area (Å²) in [7, 11) is 1.66. The molecule has 0 rings (SSSR count). The largest absolute Gasteiger partial charge is 0.472 e. The first-order chi connectivity index (χ1) is 20.1. The van der Waals surface area contributed by atoms with Gasteiger partial charge in [0.25, 0.3) is 0 Å². The van der Waals surface area contributed by atoms with Crippen LogP contribution in [-0.2, 0) is 27.9 Å². The number of allylic oxidation sites excluding steroid dienone is 2. The summed E-state index contributed by atoms with van der Waals surface area (Å²) in [6.45, 7) is 5.55. The molecule has 0 radical (unpaired) electrons. The average molecular weight is 621 g/mol. The summed E-state index contributed by atoms with van der Waals surface area (Å²) in [6, 6.07) is 0. The molecule has 0 heterocycles. The van der Waals surface area contributed by atoms with Crippen LogP contribution >= 0.6 is 7.82 Å². The zero-order chi connectivity index (χ0) is 31.4. The van der Waals surface area contributed by atoms with Gasteiger partial charge in [-0.1, -0.05) is 103 Å². The van der Waals surface area contributed by atoms with Crippen molar-refractivity contribution in [1.82, 2.24) is 0 Å². The number of carbonyl (C=O) groups excluding carboxylic acids is 1. The number of phosphoric ester groups is 1. The first kappa shape index (κ1) is 41.2. The number of hydrogen-bond acceptors (Lipinski definition) is 6. The SMILES string of the molecule is CCCCC/C=C\CCCCCCCC(=O)OC(COCCCCCCCCCC)COP(=O)(O)OCC[N+](C)(C)C. The van der Waals surface area contributed by atoms with Crippen LogP contribution in [0.5, 0.6) is 0 Å². The molecule has 0 aliphatic carbocycles. The van der Waals surface area contributed by atoms with Gasteiger partial charge in [-0.05, 0) is 38.5 Å². The highest BCUT2D eigenvalue weighted by molar-refractivity contribution is 7.47. The fourth-order valence-electron chi connectivity index (χ4n) is 4.37. The third-order valence-electron chi connectivity index (χ3n) is 7.08. The van der Waals surface area contributed by atoms with Gasteiger partial charge in [-0.2, -0.15) is 0 Å². The maximum absolute atomic E-state index is 12.5. The second-order valence-corrected chi connectivity index (χ2v) is 14.0. The maximum atomic E-state index is 12.5. The molecule has 8 nitrogen and oxygen atoms in total. The molecular formula is C33H67NO7P+. The Kier molecular flexibility index (Phi) is 27.3. The van der Waals surface area contributed by atoms with Gasteiger partial charge in [-0.15, -0.1) is 0 Å². The number of ether oxygens (including phenoxy) is 2. The van der Waals surface area contributed by atoms with Crippen LogP contribution in [0, 0.1) is 0 Å². The molecule has 1 N–H and O–H groups in total. The van der Waals surface area contributed by atoms with Gasteiger partial charge in [0.2, 0.25) is 0 Å². The van der Waals surface area contributed by atoms with Gasteiger partial charge >= 0.3 is 13.8 Å². The highest BCUT2D eigenvalue weighted by Gasteiger charge is 2.26. The van der Waals surface area contributed by atoms with Crippen molar-refractivity contribution in [2.24, 2.45) is 0 Å². The minimum absolute atomic E-state index is 0.0892. The number of nitrogens with zero attached hydrogens (tertiary/aromatic N) is 1. The van der Waals surface area contributed by atoms with E-state index >= 15 is 0 Å². The van der Waals surface area contributed by atoms with E-state index in [0.717, 1.165) is 44.9 Å². The van der Waals surface area contributed by atoms with Crippen LogP contribution in [-0.4, -0.2) is 75.6 Å². The van der Waals surface area contributed by atoms with E-state index in [4.69, 9.17) is 18.5 Å². The highest BCUT2D eigenvalue weighted by Crippen LogP contribution is 2.43. The van der Waals surface area contributed by atoms with Crippen LogP contribution in [0.3, 0.4) is 0 Å². The fraction of sp³-hybridized carbons (Fsp3) is 0.909. The minimum Gasteiger partial charge on any atom is -0.457 e. The van der Waals surface area contributed by atoms with Crippen molar-refractivity contribution in [2.45, 2.75) is 142 Å². The number of quaternary nitrogens is 1. The molecule has 0 saturated heterocycles. The summed E-state index contributed by atoms with van der Waals surface area (Å²) < 4.78 is 34.6. The van der Waals surface area contributed by atoms with E-state index in [9.17, 15) is 14.3 Å². The lowest BCUT2D eigenvalue weighted by Gasteiger charge is -2.24. The van der Waals surface area contributed by atoms with Crippen molar-refractivity contribution < 1.29 is 37.3 Å². The van der Waals surface area contributed by atoms with Crippen LogP contribution in [0.2, 0.25) is 0 Å². The van der Waals surface area contributed by atoms with Gasteiger partial charge in [0.05, 0.1) is 34.4 Å². The molecule has 0 spiro atoms. The van der Waals surface area contributed by atoms with E-state index < -0.39 is 13.9 Å². The molecule has 250 valence electrons. The number of unbranched alkanes of at least 4 members (excludes halogenated alkanes) is 15. The Bertz CT molecular complexity index is 696. The van der Waals surface area contributed by atoms with E-state index in [1.165, 1.54) is 70.6 Å². The Morgan fingerprint density at radius 2 is 1.24 bits per heavy atom. The van der Waals surface area contributed by atoms with Gasteiger partial charge in [-0.3, -0.25) is 13.8 Å². The van der Waals surface area contributed by atoms with E-state index in [1.807, 2.05) is 21.1 Å². The number of rotatable bonds is 31. The van der Waals surface area contributed by atoms with Crippen LogP contribution in [0.1, 0.15) is 136 Å². The Morgan fingerprint density at radius 3 is 1.86 bits per heavy atom. The van der Waals surface area contributed by atoms with Crippen LogP contribution in [0.4, 0.5) is 0 Å². The molecule has 42 heavy (non-hydrogen) atoms. The van der Waals surface area contributed by atoms with E-state index in [1.54, 1.807) is 0 Å². The fourth-order valence-corrected chi connectivity index (χ4v) is 5.11. The zero-order valence-corrected chi connectivity index (χ0v) is 28.9. The predicted molar refractivity (Wildman–Crippen MR) is 174 cm³/mol. The Balaban J connectivity index is 4.36. The Morgan fingerprint density at radius 1 is 0.714 bits per heavy atom. The van der Waals surface area contributed by atoms with Crippen molar-refractivity contribution >= 4 is 13.8 Å². The van der Waals surface area contributed by atoms with E-state index in [-0.39, 0.29) is 25.8 Å². The quantitative estimate of drug-likeness (QED) is 0.0272. The van der Waals surface area contributed by atoms with Crippen LogP contribution < -0.4 is 0 Å². The number of carbonyl (C=O) groups is 1. The average Bonchev–Trinajstić information content (AvgIpc) is 2.92. The molecule has 0 aliphatic rings. The summed E-state index contributed by atoms with van der Waals surface area (Å²) >= 11 is 0. The molecule has 0 bridgehead atoms. The third kappa shape index (κ3) is 30.7. The summed E-state index contributed by atoms with van der Waals surface area (Å²) in [5.74, 6) is -0.326. The van der Waals surface area contributed by atoms with Gasteiger partial charge in [0.1, 0.15) is 19.3 Å². The smallest absolute Gasteiger partial charge is 0.457 e. The molecule has 2 unspecified atom stereocenters. The Hall–Kier alpha value is -0.760. The predicted octanol–water partition coefficient (Wildman–Crippen LogP) is 8.76. The van der Waals surface area contributed by atoms with Crippen molar-refractivity contribution in [1.29, 1.82) is 0 Å². The maximum Gasteiger partial charge on any atom is 0.472 e. The summed E-state index contributed by atoms with van der Waals surface area (Å²) in [4.78, 5) is 22.6. The number of esters is 1. The van der Waals surface area contributed by atoms with E-state index in [2.05, 4.69) is 26.0 Å². The van der Waals surface area contributed by atoms with Crippen molar-refractivity contribution in [3.05, 3.63) is 12.2 Å². The van der Waals surface area contributed by atoms with Gasteiger partial charge in [0.15, 0.2) is 0 Å².